The summed E-state index contributed by atoms with van der Waals surface area (Å²) in [6.45, 7) is 4.24. The number of nitro groups is 1. The van der Waals surface area contributed by atoms with Crippen molar-refractivity contribution >= 4 is 0 Å². The van der Waals surface area contributed by atoms with E-state index in [0.717, 1.165) is 19.3 Å². The van der Waals surface area contributed by atoms with Crippen LogP contribution in [0, 0.1) is 10.1 Å². The van der Waals surface area contributed by atoms with Gasteiger partial charge in [-0.25, -0.2) is 0 Å². The number of phenolic OH excluding ortho intramolecular Hbond substituents is 2. The Morgan fingerprint density at radius 3 is 2.48 bits per heavy atom. The van der Waals surface area contributed by atoms with Gasteiger partial charge in [-0.1, -0.05) is 32.8 Å². The zero-order chi connectivity index (χ0) is 15.8. The van der Waals surface area contributed by atoms with Crippen LogP contribution in [0.1, 0.15) is 51.2 Å². The second kappa shape index (κ2) is 8.46. The van der Waals surface area contributed by atoms with Crippen LogP contribution in [0.15, 0.2) is 18.2 Å². The summed E-state index contributed by atoms with van der Waals surface area (Å²) in [5.74, 6) is -0.550. The Morgan fingerprint density at radius 1 is 1.24 bits per heavy atom. The monoisotopic (exact) mass is 297 g/mol. The third-order valence-electron chi connectivity index (χ3n) is 3.41. The van der Waals surface area contributed by atoms with Gasteiger partial charge in [0.15, 0.2) is 11.5 Å². The molecule has 6 nitrogen and oxygen atoms in total. The molecule has 0 bridgehead atoms. The molecular weight excluding hydrogens is 274 g/mol. The Kier molecular flexibility index (Phi) is 6.94. The van der Waals surface area contributed by atoms with Gasteiger partial charge in [0.2, 0.25) is 6.04 Å². The summed E-state index contributed by atoms with van der Waals surface area (Å²) in [5.41, 5.74) is 0.505. The summed E-state index contributed by atoms with van der Waals surface area (Å²) in [6, 6.07) is 3.31. The van der Waals surface area contributed by atoms with Crippen molar-refractivity contribution < 1.29 is 19.9 Å². The van der Waals surface area contributed by atoms with Crippen LogP contribution in [0.4, 0.5) is 0 Å². The molecule has 1 aromatic carbocycles. The van der Waals surface area contributed by atoms with E-state index in [9.17, 15) is 20.3 Å². The van der Waals surface area contributed by atoms with Crippen LogP contribution in [0.3, 0.4) is 0 Å². The molecule has 0 heterocycles. The van der Waals surface area contributed by atoms with E-state index in [-0.39, 0.29) is 16.4 Å². The number of rotatable bonds is 9. The predicted molar refractivity (Wildman–Crippen MR) is 79.1 cm³/mol. The standard InChI is InChI=1S/C15H23NO5/c1-3-5-6-9-21-15(12(4-2)16(19)20)11-7-8-13(17)14(18)10-11/h7-8,10,12,15,17-18H,3-6,9H2,1-2H3. The van der Waals surface area contributed by atoms with Crippen LogP contribution in [0.25, 0.3) is 0 Å². The number of ether oxygens (including phenoxy) is 1. The van der Waals surface area contributed by atoms with Gasteiger partial charge >= 0.3 is 0 Å². The number of hydrogen-bond donors (Lipinski definition) is 2. The Balaban J connectivity index is 2.93. The van der Waals surface area contributed by atoms with Gasteiger partial charge in [-0.2, -0.15) is 0 Å². The maximum Gasteiger partial charge on any atom is 0.242 e. The van der Waals surface area contributed by atoms with Crippen LogP contribution in [0.5, 0.6) is 11.5 Å². The number of benzene rings is 1. The minimum atomic E-state index is -0.879. The second-order valence-electron chi connectivity index (χ2n) is 5.01. The molecule has 118 valence electrons. The average Bonchev–Trinajstić information content (AvgIpc) is 2.45. The van der Waals surface area contributed by atoms with E-state index < -0.39 is 12.1 Å². The van der Waals surface area contributed by atoms with E-state index in [2.05, 4.69) is 6.92 Å². The van der Waals surface area contributed by atoms with Crippen LogP contribution < -0.4 is 0 Å². The minimum Gasteiger partial charge on any atom is -0.504 e. The molecule has 2 atom stereocenters. The maximum absolute atomic E-state index is 11.2. The van der Waals surface area contributed by atoms with E-state index in [4.69, 9.17) is 4.74 Å². The number of aromatic hydroxyl groups is 2. The Labute approximate surface area is 124 Å². The molecule has 0 aliphatic heterocycles. The Bertz CT molecular complexity index is 463. The van der Waals surface area contributed by atoms with Crippen LogP contribution in [0.2, 0.25) is 0 Å². The molecule has 0 spiro atoms. The lowest BCUT2D eigenvalue weighted by Gasteiger charge is -2.21. The SMILES string of the molecule is CCCCCOC(c1ccc(O)c(O)c1)C(CC)[N+](=O)[O-]. The molecule has 0 saturated carbocycles. The number of nitrogens with zero attached hydrogens (tertiary/aromatic N) is 1. The Morgan fingerprint density at radius 2 is 1.95 bits per heavy atom. The number of phenols is 2. The van der Waals surface area contributed by atoms with E-state index in [1.807, 2.05) is 0 Å². The first-order valence-electron chi connectivity index (χ1n) is 7.28. The topological polar surface area (TPSA) is 92.8 Å². The molecule has 0 fully saturated rings. The van der Waals surface area contributed by atoms with Gasteiger partial charge in [0, 0.05) is 18.0 Å². The lowest BCUT2D eigenvalue weighted by molar-refractivity contribution is -0.537. The molecular formula is C15H23NO5. The molecule has 0 aromatic heterocycles. The zero-order valence-electron chi connectivity index (χ0n) is 12.5. The van der Waals surface area contributed by atoms with Crippen LogP contribution in [-0.2, 0) is 4.74 Å². The highest BCUT2D eigenvalue weighted by Gasteiger charge is 2.32. The summed E-state index contributed by atoms with van der Waals surface area (Å²) in [6.07, 6.45) is 2.48. The quantitative estimate of drug-likeness (QED) is 0.315. The maximum atomic E-state index is 11.2. The highest BCUT2D eigenvalue weighted by atomic mass is 16.6. The molecule has 6 heteroatoms. The fourth-order valence-electron chi connectivity index (χ4n) is 2.18. The van der Waals surface area contributed by atoms with Gasteiger partial charge in [0.05, 0.1) is 0 Å². The molecule has 2 unspecified atom stereocenters. The van der Waals surface area contributed by atoms with Crippen molar-refractivity contribution in [2.75, 3.05) is 6.61 Å². The summed E-state index contributed by atoms with van der Waals surface area (Å²) >= 11 is 0. The van der Waals surface area contributed by atoms with Crippen LogP contribution >= 0.6 is 0 Å². The van der Waals surface area contributed by atoms with Crippen molar-refractivity contribution in [2.45, 2.75) is 51.7 Å². The summed E-state index contributed by atoms with van der Waals surface area (Å²) in [5, 5.41) is 30.1. The van der Waals surface area contributed by atoms with Crippen molar-refractivity contribution in [1.82, 2.24) is 0 Å². The minimum absolute atomic E-state index is 0.252. The van der Waals surface area contributed by atoms with Crippen molar-refractivity contribution in [3.63, 3.8) is 0 Å². The van der Waals surface area contributed by atoms with Gasteiger partial charge < -0.3 is 14.9 Å². The number of unbranched alkanes of at least 4 members (excludes halogenated alkanes) is 2. The molecule has 1 rings (SSSR count). The number of hydrogen-bond acceptors (Lipinski definition) is 5. The molecule has 0 radical (unpaired) electrons. The van der Waals surface area contributed by atoms with Gasteiger partial charge in [-0.15, -0.1) is 0 Å². The smallest absolute Gasteiger partial charge is 0.242 e. The summed E-state index contributed by atoms with van der Waals surface area (Å²) in [7, 11) is 0. The first-order valence-corrected chi connectivity index (χ1v) is 7.28. The summed E-state index contributed by atoms with van der Waals surface area (Å²) in [4.78, 5) is 10.8. The van der Waals surface area contributed by atoms with E-state index in [1.165, 1.54) is 12.1 Å². The molecule has 0 aliphatic carbocycles. The first kappa shape index (κ1) is 17.2. The molecule has 1 aromatic rings. The Hall–Kier alpha value is -1.82. The third-order valence-corrected chi connectivity index (χ3v) is 3.41. The zero-order valence-corrected chi connectivity index (χ0v) is 12.5. The molecule has 0 saturated heterocycles. The second-order valence-corrected chi connectivity index (χ2v) is 5.01. The molecule has 0 amide bonds. The highest BCUT2D eigenvalue weighted by molar-refractivity contribution is 5.41. The van der Waals surface area contributed by atoms with Crippen molar-refractivity contribution in [3.05, 3.63) is 33.9 Å². The third kappa shape index (κ3) is 4.90. The van der Waals surface area contributed by atoms with E-state index in [1.54, 1.807) is 13.0 Å². The largest absolute Gasteiger partial charge is 0.504 e. The fourth-order valence-corrected chi connectivity index (χ4v) is 2.18. The van der Waals surface area contributed by atoms with E-state index in [0.29, 0.717) is 18.6 Å². The van der Waals surface area contributed by atoms with Gasteiger partial charge in [0.1, 0.15) is 6.10 Å². The lowest BCUT2D eigenvalue weighted by Crippen LogP contribution is -2.29. The van der Waals surface area contributed by atoms with Crippen molar-refractivity contribution in [2.24, 2.45) is 0 Å². The first-order chi connectivity index (χ1) is 10.0. The highest BCUT2D eigenvalue weighted by Crippen LogP contribution is 2.32. The lowest BCUT2D eigenvalue weighted by atomic mass is 10.00. The molecule has 21 heavy (non-hydrogen) atoms. The normalized spacial score (nSPS) is 13.8. The van der Waals surface area contributed by atoms with Gasteiger partial charge in [0.25, 0.3) is 0 Å². The fraction of sp³-hybridized carbons (Fsp3) is 0.600. The molecule has 0 aliphatic rings. The van der Waals surface area contributed by atoms with Gasteiger partial charge in [-0.3, -0.25) is 10.1 Å². The summed E-state index contributed by atoms with van der Waals surface area (Å²) < 4.78 is 5.71. The van der Waals surface area contributed by atoms with Crippen LogP contribution in [-0.4, -0.2) is 27.8 Å². The predicted octanol–water partition coefficient (Wildman–Crippen LogP) is 3.40. The van der Waals surface area contributed by atoms with Gasteiger partial charge in [-0.05, 0) is 24.1 Å². The molecule has 2 N–H and O–H groups in total. The van der Waals surface area contributed by atoms with Crippen molar-refractivity contribution in [3.8, 4) is 11.5 Å². The van der Waals surface area contributed by atoms with E-state index >= 15 is 0 Å². The van der Waals surface area contributed by atoms with Crippen molar-refractivity contribution in [1.29, 1.82) is 0 Å². The average molecular weight is 297 g/mol.